The number of para-hydroxylation sites is 1. The van der Waals surface area contributed by atoms with E-state index in [1.54, 1.807) is 68.4 Å². The number of carbonyl (C=O) groups excluding carboxylic acids is 2. The highest BCUT2D eigenvalue weighted by atomic mass is 16.4. The molecule has 3 aromatic rings. The maximum atomic E-state index is 13.7. The summed E-state index contributed by atoms with van der Waals surface area (Å²) in [5, 5.41) is 24.3. The number of H-pyrrole nitrogens is 1. The van der Waals surface area contributed by atoms with Crippen molar-refractivity contribution in [1.82, 2.24) is 20.2 Å². The first-order valence-electron chi connectivity index (χ1n) is 12.3. The zero-order valence-electron chi connectivity index (χ0n) is 21.4. The number of carboxylic acid groups (broad SMARTS) is 1. The van der Waals surface area contributed by atoms with Gasteiger partial charge in [-0.15, -0.1) is 0 Å². The minimum absolute atomic E-state index is 0.0196. The molecule has 0 aliphatic heterocycles. The fraction of sp³-hybridized carbons (Fsp3) is 0.370. The fourth-order valence-corrected chi connectivity index (χ4v) is 4.18. The highest BCUT2D eigenvalue weighted by molar-refractivity contribution is 5.92. The van der Waals surface area contributed by atoms with Gasteiger partial charge in [0, 0.05) is 6.42 Å². The van der Waals surface area contributed by atoms with Crippen LogP contribution in [0.25, 0.3) is 10.9 Å². The molecule has 0 aliphatic rings. The Kier molecular flexibility index (Phi) is 9.19. The number of nitrogens with zero attached hydrogens (tertiary/aromatic N) is 1. The number of nitrogens with one attached hydrogen (secondary N) is 3. The molecule has 5 unspecified atom stereocenters. The van der Waals surface area contributed by atoms with E-state index in [4.69, 9.17) is 0 Å². The van der Waals surface area contributed by atoms with Crippen molar-refractivity contribution in [2.24, 2.45) is 5.92 Å². The molecule has 2 aromatic carbocycles. The van der Waals surface area contributed by atoms with E-state index in [1.165, 1.54) is 6.92 Å². The topological polar surface area (TPSA) is 171 Å². The summed E-state index contributed by atoms with van der Waals surface area (Å²) in [6.45, 7) is 4.72. The number of rotatable bonds is 11. The van der Waals surface area contributed by atoms with Gasteiger partial charge >= 0.3 is 11.7 Å². The Hall–Kier alpha value is -4.25. The minimum Gasteiger partial charge on any atom is -0.480 e. The molecule has 0 aliphatic carbocycles. The van der Waals surface area contributed by atoms with Crippen LogP contribution in [-0.4, -0.2) is 55.7 Å². The van der Waals surface area contributed by atoms with Crippen LogP contribution in [0.5, 0.6) is 0 Å². The van der Waals surface area contributed by atoms with Crippen molar-refractivity contribution in [3.8, 4) is 0 Å². The van der Waals surface area contributed by atoms with Gasteiger partial charge in [0.15, 0.2) is 6.04 Å². The van der Waals surface area contributed by atoms with E-state index < -0.39 is 59.2 Å². The van der Waals surface area contributed by atoms with Crippen molar-refractivity contribution in [3.63, 3.8) is 0 Å². The van der Waals surface area contributed by atoms with Crippen LogP contribution in [0.1, 0.15) is 38.8 Å². The highest BCUT2D eigenvalue weighted by Gasteiger charge is 2.34. The maximum absolute atomic E-state index is 13.7. The van der Waals surface area contributed by atoms with Gasteiger partial charge in [0.1, 0.15) is 12.1 Å². The quantitative estimate of drug-likeness (QED) is 0.249. The normalized spacial score (nSPS) is 15.2. The van der Waals surface area contributed by atoms with Gasteiger partial charge in [-0.25, -0.2) is 14.2 Å². The molecular formula is C27H32N4O7. The van der Waals surface area contributed by atoms with Crippen LogP contribution in [0.4, 0.5) is 0 Å². The van der Waals surface area contributed by atoms with Crippen LogP contribution in [0.3, 0.4) is 0 Å². The number of hydrogen-bond acceptors (Lipinski definition) is 6. The number of aliphatic hydroxyl groups excluding tert-OH is 1. The summed E-state index contributed by atoms with van der Waals surface area (Å²) in [5.41, 5.74) is -0.441. The average Bonchev–Trinajstić information content (AvgIpc) is 2.89. The van der Waals surface area contributed by atoms with E-state index in [0.29, 0.717) is 17.5 Å². The van der Waals surface area contributed by atoms with Crippen LogP contribution in [-0.2, 0) is 20.8 Å². The van der Waals surface area contributed by atoms with Crippen LogP contribution in [0.15, 0.2) is 64.2 Å². The summed E-state index contributed by atoms with van der Waals surface area (Å²) in [7, 11) is 0. The van der Waals surface area contributed by atoms with Crippen LogP contribution < -0.4 is 21.9 Å². The number of hydrogen-bond donors (Lipinski definition) is 5. The third-order valence-electron chi connectivity index (χ3n) is 6.56. The Morgan fingerprint density at radius 3 is 2.13 bits per heavy atom. The second kappa shape index (κ2) is 12.3. The monoisotopic (exact) mass is 524 g/mol. The zero-order chi connectivity index (χ0) is 28.0. The first kappa shape index (κ1) is 28.3. The van der Waals surface area contributed by atoms with Crippen molar-refractivity contribution in [3.05, 3.63) is 81.0 Å². The Morgan fingerprint density at radius 1 is 0.921 bits per heavy atom. The van der Waals surface area contributed by atoms with Gasteiger partial charge in [-0.05, 0) is 30.5 Å². The molecule has 202 valence electrons. The number of amides is 2. The van der Waals surface area contributed by atoms with E-state index in [-0.39, 0.29) is 11.8 Å². The van der Waals surface area contributed by atoms with E-state index in [2.05, 4.69) is 15.6 Å². The standard InChI is InChI=1S/C27H32N4O7/c1-4-15(2)21(24(34)30-22(16(3)32)26(36)37)29-23(33)20(14-17-10-6-5-7-11-17)31-25(35)18-12-8-9-13-19(18)28-27(31)38/h5-13,15-16,20-22,32H,4,14H2,1-3H3,(H,28,38)(H,29,33)(H,30,34)(H,36,37). The first-order valence-corrected chi connectivity index (χ1v) is 12.3. The third kappa shape index (κ3) is 6.35. The van der Waals surface area contributed by atoms with Gasteiger partial charge in [-0.3, -0.25) is 14.4 Å². The summed E-state index contributed by atoms with van der Waals surface area (Å²) < 4.78 is 0.839. The molecule has 38 heavy (non-hydrogen) atoms. The lowest BCUT2D eigenvalue weighted by Crippen LogP contribution is -2.58. The van der Waals surface area contributed by atoms with Crippen molar-refractivity contribution in [2.75, 3.05) is 0 Å². The van der Waals surface area contributed by atoms with Crippen molar-refractivity contribution >= 4 is 28.7 Å². The van der Waals surface area contributed by atoms with Gasteiger partial charge < -0.3 is 25.8 Å². The van der Waals surface area contributed by atoms with Crippen molar-refractivity contribution in [2.45, 2.75) is 57.8 Å². The number of carboxylic acids is 1. The van der Waals surface area contributed by atoms with E-state index in [9.17, 15) is 34.2 Å². The smallest absolute Gasteiger partial charge is 0.329 e. The Labute approximate surface area is 218 Å². The lowest BCUT2D eigenvalue weighted by molar-refractivity contribution is -0.145. The summed E-state index contributed by atoms with van der Waals surface area (Å²) in [6, 6.07) is 11.1. The lowest BCUT2D eigenvalue weighted by atomic mass is 9.96. The molecule has 1 aromatic heterocycles. The van der Waals surface area contributed by atoms with Gasteiger partial charge in [0.2, 0.25) is 11.8 Å². The molecule has 1 heterocycles. The van der Waals surface area contributed by atoms with Gasteiger partial charge in [0.25, 0.3) is 5.56 Å². The third-order valence-corrected chi connectivity index (χ3v) is 6.56. The molecule has 5 atom stereocenters. The molecule has 11 heteroatoms. The van der Waals surface area contributed by atoms with E-state index >= 15 is 0 Å². The molecule has 0 saturated carbocycles. The second-order valence-corrected chi connectivity index (χ2v) is 9.29. The highest BCUT2D eigenvalue weighted by Crippen LogP contribution is 2.16. The second-order valence-electron chi connectivity index (χ2n) is 9.29. The predicted molar refractivity (Wildman–Crippen MR) is 141 cm³/mol. The van der Waals surface area contributed by atoms with Gasteiger partial charge in [0.05, 0.1) is 17.0 Å². The number of benzene rings is 2. The number of aromatic nitrogens is 2. The Balaban J connectivity index is 2.04. The molecular weight excluding hydrogens is 492 g/mol. The molecule has 0 saturated heterocycles. The number of aliphatic carboxylic acids is 1. The van der Waals surface area contributed by atoms with Crippen LogP contribution >= 0.6 is 0 Å². The number of aromatic amines is 1. The fourth-order valence-electron chi connectivity index (χ4n) is 4.18. The zero-order valence-corrected chi connectivity index (χ0v) is 21.4. The molecule has 0 radical (unpaired) electrons. The average molecular weight is 525 g/mol. The number of fused-ring (bicyclic) bond motifs is 1. The summed E-state index contributed by atoms with van der Waals surface area (Å²) in [5.74, 6) is -3.44. The largest absolute Gasteiger partial charge is 0.480 e. The summed E-state index contributed by atoms with van der Waals surface area (Å²) >= 11 is 0. The predicted octanol–water partition coefficient (Wildman–Crippen LogP) is 0.955. The number of aliphatic hydroxyl groups is 1. The first-order chi connectivity index (χ1) is 18.0. The number of carbonyl (C=O) groups is 3. The molecule has 0 bridgehead atoms. The van der Waals surface area contributed by atoms with Crippen LogP contribution in [0, 0.1) is 5.92 Å². The van der Waals surface area contributed by atoms with Crippen molar-refractivity contribution in [1.29, 1.82) is 0 Å². The van der Waals surface area contributed by atoms with E-state index in [1.807, 2.05) is 0 Å². The molecule has 11 nitrogen and oxygen atoms in total. The Morgan fingerprint density at radius 2 is 1.53 bits per heavy atom. The molecule has 2 amide bonds. The van der Waals surface area contributed by atoms with Gasteiger partial charge in [-0.1, -0.05) is 62.7 Å². The van der Waals surface area contributed by atoms with Gasteiger partial charge in [-0.2, -0.15) is 0 Å². The lowest BCUT2D eigenvalue weighted by Gasteiger charge is -2.28. The molecule has 0 spiro atoms. The van der Waals surface area contributed by atoms with Crippen molar-refractivity contribution < 1.29 is 24.6 Å². The Bertz CT molecular complexity index is 1410. The van der Waals surface area contributed by atoms with E-state index in [0.717, 1.165) is 4.57 Å². The molecule has 5 N–H and O–H groups in total. The maximum Gasteiger partial charge on any atom is 0.329 e. The minimum atomic E-state index is -1.59. The summed E-state index contributed by atoms with van der Waals surface area (Å²) in [6.07, 6.45) is -0.955. The summed E-state index contributed by atoms with van der Waals surface area (Å²) in [4.78, 5) is 67.4. The molecule has 3 rings (SSSR count). The molecule has 0 fully saturated rings. The SMILES string of the molecule is CCC(C)C(NC(=O)C(Cc1ccccc1)n1c(=O)[nH]c2ccccc2c1=O)C(=O)NC(C(=O)O)C(C)O. The van der Waals surface area contributed by atoms with Crippen LogP contribution in [0.2, 0.25) is 0 Å².